The minimum absolute atomic E-state index is 0.00959. The molecule has 0 aliphatic carbocycles. The lowest BCUT2D eigenvalue weighted by Gasteiger charge is -2.27. The van der Waals surface area contributed by atoms with Crippen molar-refractivity contribution in [2.45, 2.75) is 84.0 Å². The Hall–Kier alpha value is -1.19. The molecular formula is C18H34N2O2. The third-order valence-electron chi connectivity index (χ3n) is 4.47. The molecule has 4 heteroatoms. The van der Waals surface area contributed by atoms with Gasteiger partial charge in [0.25, 0.3) is 11.9 Å². The number of nitrogens with one attached hydrogen (secondary N) is 1. The zero-order chi connectivity index (χ0) is 16.4. The van der Waals surface area contributed by atoms with Gasteiger partial charge in [-0.1, -0.05) is 65.7 Å². The van der Waals surface area contributed by atoms with Crippen molar-refractivity contribution in [3.8, 4) is 5.88 Å². The summed E-state index contributed by atoms with van der Waals surface area (Å²) in [6.45, 7) is 6.79. The van der Waals surface area contributed by atoms with Gasteiger partial charge in [0.15, 0.2) is 5.76 Å². The molecule has 1 rings (SSSR count). The maximum Gasteiger partial charge on any atom is 0.297 e. The van der Waals surface area contributed by atoms with Crippen LogP contribution in [0.25, 0.3) is 0 Å². The van der Waals surface area contributed by atoms with Crippen molar-refractivity contribution in [1.82, 2.24) is 4.98 Å². The van der Waals surface area contributed by atoms with Crippen LogP contribution in [0.1, 0.15) is 84.3 Å². The van der Waals surface area contributed by atoms with E-state index in [9.17, 15) is 0 Å². The number of methoxy groups -OCH3 is 1. The fourth-order valence-corrected chi connectivity index (χ4v) is 2.97. The Labute approximate surface area is 136 Å². The van der Waals surface area contributed by atoms with Gasteiger partial charge in [0.2, 0.25) is 0 Å². The zero-order valence-electron chi connectivity index (χ0n) is 15.1. The second kappa shape index (κ2) is 9.75. The van der Waals surface area contributed by atoms with E-state index >= 15 is 0 Å². The van der Waals surface area contributed by atoms with E-state index in [-0.39, 0.29) is 5.41 Å². The highest BCUT2D eigenvalue weighted by Crippen LogP contribution is 2.41. The number of ether oxygens (including phenoxy) is 1. The molecule has 1 unspecified atom stereocenters. The summed E-state index contributed by atoms with van der Waals surface area (Å²) in [5.41, 5.74) is 0.00959. The van der Waals surface area contributed by atoms with E-state index < -0.39 is 0 Å². The first-order chi connectivity index (χ1) is 10.6. The van der Waals surface area contributed by atoms with Gasteiger partial charge in [0.05, 0.1) is 7.11 Å². The lowest BCUT2D eigenvalue weighted by atomic mass is 9.78. The molecule has 0 aromatic carbocycles. The first kappa shape index (κ1) is 18.9. The van der Waals surface area contributed by atoms with Crippen LogP contribution < -0.4 is 10.1 Å². The summed E-state index contributed by atoms with van der Waals surface area (Å²) < 4.78 is 11.4. The lowest BCUT2D eigenvalue weighted by molar-refractivity contribution is 0.283. The van der Waals surface area contributed by atoms with Crippen LogP contribution in [0.4, 0.5) is 6.01 Å². The van der Waals surface area contributed by atoms with E-state index in [1.54, 1.807) is 7.11 Å². The number of aromatic nitrogens is 1. The van der Waals surface area contributed by atoms with Crippen LogP contribution in [0.5, 0.6) is 5.88 Å². The van der Waals surface area contributed by atoms with Gasteiger partial charge in [0.1, 0.15) is 0 Å². The smallest absolute Gasteiger partial charge is 0.297 e. The van der Waals surface area contributed by atoms with Crippen LogP contribution >= 0.6 is 0 Å². The van der Waals surface area contributed by atoms with Crippen molar-refractivity contribution in [3.63, 3.8) is 0 Å². The normalized spacial score (nSPS) is 13.9. The average molecular weight is 310 g/mol. The van der Waals surface area contributed by atoms with Crippen molar-refractivity contribution < 1.29 is 9.15 Å². The van der Waals surface area contributed by atoms with Gasteiger partial charge >= 0.3 is 0 Å². The number of hydrogen-bond acceptors (Lipinski definition) is 4. The van der Waals surface area contributed by atoms with Gasteiger partial charge < -0.3 is 14.5 Å². The van der Waals surface area contributed by atoms with Gasteiger partial charge in [-0.05, 0) is 12.8 Å². The van der Waals surface area contributed by atoms with Crippen molar-refractivity contribution in [3.05, 3.63) is 5.76 Å². The van der Waals surface area contributed by atoms with E-state index in [2.05, 4.69) is 31.1 Å². The highest BCUT2D eigenvalue weighted by molar-refractivity contribution is 5.33. The second-order valence-electron chi connectivity index (χ2n) is 6.44. The fourth-order valence-electron chi connectivity index (χ4n) is 2.97. The summed E-state index contributed by atoms with van der Waals surface area (Å²) in [5, 5.41) is 2.98. The van der Waals surface area contributed by atoms with Crippen LogP contribution in [0.15, 0.2) is 4.42 Å². The third kappa shape index (κ3) is 5.22. The maximum absolute atomic E-state index is 5.95. The first-order valence-electron chi connectivity index (χ1n) is 8.84. The molecule has 0 radical (unpaired) electrons. The van der Waals surface area contributed by atoms with Crippen molar-refractivity contribution >= 4 is 6.01 Å². The largest absolute Gasteiger partial charge is 0.478 e. The molecule has 0 aliphatic rings. The van der Waals surface area contributed by atoms with E-state index in [0.29, 0.717) is 11.9 Å². The molecular weight excluding hydrogens is 276 g/mol. The molecule has 0 saturated carbocycles. The van der Waals surface area contributed by atoms with Crippen LogP contribution in [-0.2, 0) is 5.41 Å². The zero-order valence-corrected chi connectivity index (χ0v) is 15.1. The molecule has 0 spiro atoms. The molecule has 0 amide bonds. The number of rotatable bonds is 12. The molecule has 1 heterocycles. The molecule has 1 atom stereocenters. The van der Waals surface area contributed by atoms with Gasteiger partial charge in [-0.3, -0.25) is 0 Å². The summed E-state index contributed by atoms with van der Waals surface area (Å²) in [7, 11) is 3.49. The van der Waals surface area contributed by atoms with E-state index in [4.69, 9.17) is 9.15 Å². The Morgan fingerprint density at radius 1 is 1.05 bits per heavy atom. The number of nitrogens with zero attached hydrogens (tertiary/aromatic N) is 1. The Bertz CT molecular complexity index is 417. The Morgan fingerprint density at radius 3 is 2.27 bits per heavy atom. The summed E-state index contributed by atoms with van der Waals surface area (Å²) in [6, 6.07) is 0.542. The second-order valence-corrected chi connectivity index (χ2v) is 6.44. The highest BCUT2D eigenvalue weighted by Gasteiger charge is 2.34. The third-order valence-corrected chi connectivity index (χ3v) is 4.47. The Morgan fingerprint density at radius 2 is 1.68 bits per heavy atom. The summed E-state index contributed by atoms with van der Waals surface area (Å²) in [6.07, 6.45) is 11.1. The summed E-state index contributed by atoms with van der Waals surface area (Å²) in [5.74, 6) is 1.54. The molecule has 1 aromatic heterocycles. The van der Waals surface area contributed by atoms with Crippen LogP contribution in [0.3, 0.4) is 0 Å². The topological polar surface area (TPSA) is 47.3 Å². The summed E-state index contributed by atoms with van der Waals surface area (Å²) in [4.78, 5) is 4.38. The molecule has 0 aliphatic heterocycles. The molecule has 0 fully saturated rings. The first-order valence-corrected chi connectivity index (χ1v) is 8.84. The molecule has 1 N–H and O–H groups in total. The van der Waals surface area contributed by atoms with Gasteiger partial charge in [-0.25, -0.2) is 0 Å². The Balaban J connectivity index is 2.82. The average Bonchev–Trinajstić information content (AvgIpc) is 2.97. The highest BCUT2D eigenvalue weighted by atomic mass is 16.5. The van der Waals surface area contributed by atoms with E-state index in [1.807, 2.05) is 7.05 Å². The van der Waals surface area contributed by atoms with Crippen LogP contribution in [-0.4, -0.2) is 19.1 Å². The van der Waals surface area contributed by atoms with E-state index in [1.165, 1.54) is 44.9 Å². The molecule has 0 saturated heterocycles. The van der Waals surface area contributed by atoms with Crippen LogP contribution in [0, 0.1) is 0 Å². The molecule has 0 bridgehead atoms. The Kier molecular flexibility index (Phi) is 8.36. The monoisotopic (exact) mass is 310 g/mol. The van der Waals surface area contributed by atoms with Gasteiger partial charge in [0, 0.05) is 12.5 Å². The molecule has 4 nitrogen and oxygen atoms in total. The maximum atomic E-state index is 5.95. The number of unbranched alkanes of at least 4 members (excludes halogenated alkanes) is 5. The minimum atomic E-state index is 0.00959. The van der Waals surface area contributed by atoms with Crippen molar-refractivity contribution in [2.75, 3.05) is 19.5 Å². The fraction of sp³-hybridized carbons (Fsp3) is 0.833. The van der Waals surface area contributed by atoms with E-state index in [0.717, 1.165) is 18.6 Å². The van der Waals surface area contributed by atoms with Crippen LogP contribution in [0.2, 0.25) is 0 Å². The molecule has 22 heavy (non-hydrogen) atoms. The number of oxazole rings is 1. The minimum Gasteiger partial charge on any atom is -0.478 e. The number of hydrogen-bond donors (Lipinski definition) is 1. The predicted molar refractivity (Wildman–Crippen MR) is 92.9 cm³/mol. The molecule has 128 valence electrons. The molecule has 1 aromatic rings. The lowest BCUT2D eigenvalue weighted by Crippen LogP contribution is -2.22. The van der Waals surface area contributed by atoms with Gasteiger partial charge in [-0.15, -0.1) is 0 Å². The number of anilines is 1. The summed E-state index contributed by atoms with van der Waals surface area (Å²) >= 11 is 0. The SMILES string of the molecule is CCCCCCCC(C)(CCCC)c1oc(NC)nc1OC. The van der Waals surface area contributed by atoms with Gasteiger partial charge in [-0.2, -0.15) is 4.98 Å². The van der Waals surface area contributed by atoms with Crippen molar-refractivity contribution in [1.29, 1.82) is 0 Å². The quantitative estimate of drug-likeness (QED) is 0.515. The standard InChI is InChI=1S/C18H34N2O2/c1-6-8-10-11-12-14-18(3,13-9-7-2)15-16(21-5)20-17(19-4)22-15/h6-14H2,1-5H3,(H,19,20). The van der Waals surface area contributed by atoms with Crippen molar-refractivity contribution in [2.24, 2.45) is 0 Å². The predicted octanol–water partition coefficient (Wildman–Crippen LogP) is 5.53.